The van der Waals surface area contributed by atoms with E-state index in [9.17, 15) is 57.0 Å². The first-order valence-electron chi connectivity index (χ1n) is 12.6. The minimum absolute atomic E-state index is 0.0652. The molecule has 0 atom stereocenters. The summed E-state index contributed by atoms with van der Waals surface area (Å²) in [5.74, 6) is -1.46. The number of azo groups is 1. The molecule has 0 aliphatic heterocycles. The molecule has 0 fully saturated rings. The molecule has 0 amide bonds. The van der Waals surface area contributed by atoms with Crippen molar-refractivity contribution in [3.05, 3.63) is 72.8 Å². The van der Waals surface area contributed by atoms with Crippen LogP contribution in [-0.4, -0.2) is 64.1 Å². The van der Waals surface area contributed by atoms with E-state index < -0.39 is 94.1 Å². The van der Waals surface area contributed by atoms with Crippen molar-refractivity contribution in [2.75, 3.05) is 7.11 Å². The van der Waals surface area contributed by atoms with Crippen LogP contribution in [0.4, 0.5) is 11.4 Å². The van der Waals surface area contributed by atoms with Gasteiger partial charge >= 0.3 is 0 Å². The van der Waals surface area contributed by atoms with E-state index in [1.807, 2.05) is 0 Å². The van der Waals surface area contributed by atoms with E-state index in [4.69, 9.17) is 4.74 Å². The van der Waals surface area contributed by atoms with Gasteiger partial charge in [0.15, 0.2) is 5.75 Å². The average Bonchev–Trinajstić information content (AvgIpc) is 2.97. The molecule has 47 heavy (non-hydrogen) atoms. The van der Waals surface area contributed by atoms with Crippen LogP contribution < -0.4 is 4.74 Å². The van der Waals surface area contributed by atoms with Crippen LogP contribution in [0.1, 0.15) is 0 Å². The van der Waals surface area contributed by atoms with Crippen molar-refractivity contribution < 1.29 is 61.7 Å². The second kappa shape index (κ2) is 11.6. The summed E-state index contributed by atoms with van der Waals surface area (Å²) in [7, 11) is -19.4. The van der Waals surface area contributed by atoms with Crippen molar-refractivity contribution >= 4 is 73.4 Å². The minimum Gasteiger partial charge on any atom is -0.505 e. The van der Waals surface area contributed by atoms with Crippen LogP contribution in [0.2, 0.25) is 0 Å². The number of phenolic OH excluding ortho intramolecular Hbond substituents is 1. The molecule has 0 aromatic heterocycles. The molecule has 0 heterocycles. The fraction of sp³-hybridized carbons (Fsp3) is 0.0370. The molecule has 5 aromatic carbocycles. The summed E-state index contributed by atoms with van der Waals surface area (Å²) in [5.41, 5.74) is -2.69. The van der Waals surface area contributed by atoms with Crippen LogP contribution in [0, 0.1) is 0 Å². The number of aromatic hydroxyl groups is 1. The van der Waals surface area contributed by atoms with E-state index in [-0.39, 0.29) is 16.2 Å². The van der Waals surface area contributed by atoms with E-state index in [1.54, 1.807) is 6.07 Å². The monoisotopic (exact) mass is 724 g/mol. The highest BCUT2D eigenvalue weighted by Gasteiger charge is 2.31. The molecule has 246 valence electrons. The normalized spacial score (nSPS) is 13.0. The molecule has 0 saturated carbocycles. The Labute approximate surface area is 266 Å². The fourth-order valence-electron chi connectivity index (χ4n) is 4.92. The molecule has 0 saturated heterocycles. The zero-order valence-corrected chi connectivity index (χ0v) is 26.6. The predicted molar refractivity (Wildman–Crippen MR) is 165 cm³/mol. The number of nitrogens with zero attached hydrogens (tertiary/aromatic N) is 2. The second-order valence-corrected chi connectivity index (χ2v) is 15.2. The Bertz CT molecular complexity index is 2620. The van der Waals surface area contributed by atoms with E-state index in [1.165, 1.54) is 24.3 Å². The lowest BCUT2D eigenvalue weighted by Crippen LogP contribution is -2.07. The van der Waals surface area contributed by atoms with Gasteiger partial charge in [0.05, 0.1) is 17.7 Å². The quantitative estimate of drug-likeness (QED) is 0.106. The van der Waals surface area contributed by atoms with Crippen LogP contribution >= 0.6 is 0 Å². The highest BCUT2D eigenvalue weighted by Crippen LogP contribution is 2.47. The smallest absolute Gasteiger partial charge is 0.298 e. The Kier molecular flexibility index (Phi) is 8.35. The van der Waals surface area contributed by atoms with Crippen molar-refractivity contribution in [1.82, 2.24) is 0 Å². The predicted octanol–water partition coefficient (Wildman–Crippen LogP) is 4.78. The summed E-state index contributed by atoms with van der Waals surface area (Å²) >= 11 is 0. The maximum absolute atomic E-state index is 12.7. The zero-order valence-electron chi connectivity index (χ0n) is 23.4. The van der Waals surface area contributed by atoms with E-state index in [0.717, 1.165) is 43.5 Å². The number of phenols is 1. The zero-order chi connectivity index (χ0) is 34.7. The first kappa shape index (κ1) is 33.8. The second-order valence-electron chi connectivity index (χ2n) is 9.71. The van der Waals surface area contributed by atoms with Gasteiger partial charge in [-0.25, -0.2) is 0 Å². The molecule has 16 nitrogen and oxygen atoms in total. The summed E-state index contributed by atoms with van der Waals surface area (Å²) in [6.45, 7) is 0. The van der Waals surface area contributed by atoms with Crippen LogP contribution in [0.3, 0.4) is 0 Å². The third kappa shape index (κ3) is 6.40. The number of benzene rings is 5. The average molecular weight is 725 g/mol. The van der Waals surface area contributed by atoms with E-state index in [2.05, 4.69) is 10.2 Å². The number of methoxy groups -OCH3 is 1. The van der Waals surface area contributed by atoms with Crippen LogP contribution in [0.5, 0.6) is 11.5 Å². The van der Waals surface area contributed by atoms with Gasteiger partial charge in [0.1, 0.15) is 26.1 Å². The molecule has 0 radical (unpaired) electrons. The van der Waals surface area contributed by atoms with Gasteiger partial charge in [0.2, 0.25) is 0 Å². The Balaban J connectivity index is 1.90. The topological polar surface area (TPSA) is 272 Å². The molecule has 5 rings (SSSR count). The van der Waals surface area contributed by atoms with Crippen molar-refractivity contribution in [2.45, 2.75) is 19.6 Å². The summed E-state index contributed by atoms with van der Waals surface area (Å²) < 4.78 is 144. The Hall–Kier alpha value is -4.54. The molecule has 20 heteroatoms. The maximum Gasteiger partial charge on any atom is 0.298 e. The molecule has 5 aromatic rings. The lowest BCUT2D eigenvalue weighted by Gasteiger charge is -2.17. The van der Waals surface area contributed by atoms with Gasteiger partial charge in [0.25, 0.3) is 40.5 Å². The molecule has 0 unspecified atom stereocenters. The van der Waals surface area contributed by atoms with Gasteiger partial charge in [-0.05, 0) is 47.2 Å². The molecule has 5 N–H and O–H groups in total. The van der Waals surface area contributed by atoms with Gasteiger partial charge in [-0.1, -0.05) is 36.4 Å². The summed E-state index contributed by atoms with van der Waals surface area (Å²) in [5, 5.41) is 18.3. The van der Waals surface area contributed by atoms with Gasteiger partial charge in [0, 0.05) is 21.9 Å². The van der Waals surface area contributed by atoms with Gasteiger partial charge < -0.3 is 9.84 Å². The van der Waals surface area contributed by atoms with Crippen LogP contribution in [0.25, 0.3) is 32.7 Å². The SMILES string of the molecule is COc1ccc(N=Nc2c(S(=O)(=O)O)cc3cc(S(=O)(=O)O)ccc3c2O)c(-c2ccc3ccccc3c2S(=O)(=O)O)c1S(=O)(=O)O. The summed E-state index contributed by atoms with van der Waals surface area (Å²) in [6, 6.07) is 13.7. The van der Waals surface area contributed by atoms with Crippen molar-refractivity contribution in [3.63, 3.8) is 0 Å². The Morgan fingerprint density at radius 1 is 0.617 bits per heavy atom. The van der Waals surface area contributed by atoms with Crippen LogP contribution in [0.15, 0.2) is 103 Å². The number of ether oxygens (including phenoxy) is 1. The lowest BCUT2D eigenvalue weighted by molar-refractivity contribution is 0.398. The highest BCUT2D eigenvalue weighted by atomic mass is 32.2. The Morgan fingerprint density at radius 3 is 1.87 bits per heavy atom. The third-order valence-electron chi connectivity index (χ3n) is 6.84. The summed E-state index contributed by atoms with van der Waals surface area (Å²) in [4.78, 5) is -3.60. The number of hydrogen-bond donors (Lipinski definition) is 5. The number of fused-ring (bicyclic) bond motifs is 2. The summed E-state index contributed by atoms with van der Waals surface area (Å²) in [6.07, 6.45) is 0. The molecule has 0 aliphatic rings. The first-order valence-corrected chi connectivity index (χ1v) is 18.3. The van der Waals surface area contributed by atoms with E-state index in [0.29, 0.717) is 11.5 Å². The lowest BCUT2D eigenvalue weighted by atomic mass is 9.99. The van der Waals surface area contributed by atoms with Crippen molar-refractivity contribution in [2.24, 2.45) is 10.2 Å². The highest BCUT2D eigenvalue weighted by molar-refractivity contribution is 7.87. The standard InChI is InChI=1S/C27H20N2O14S4/c1-43-21-11-10-20(23(27(21)47(40,41)42)19-8-6-14-4-2-3-5-18(14)26(19)46(37,38)39)28-29-24-22(45(34,35)36)13-15-12-16(44(31,32)33)7-9-17(15)25(24)30/h2-13,30H,1H3,(H,31,32,33)(H,34,35,36)(H,37,38,39)(H,40,41,42). The van der Waals surface area contributed by atoms with E-state index >= 15 is 0 Å². The maximum atomic E-state index is 12.7. The van der Waals surface area contributed by atoms with Gasteiger partial charge in [-0.3, -0.25) is 18.2 Å². The minimum atomic E-state index is -5.29. The number of rotatable bonds is 8. The molecular weight excluding hydrogens is 705 g/mol. The molecule has 0 aliphatic carbocycles. The first-order chi connectivity index (χ1) is 21.7. The molecular formula is C27H20N2O14S4. The Morgan fingerprint density at radius 2 is 1.28 bits per heavy atom. The largest absolute Gasteiger partial charge is 0.505 e. The fourth-order valence-corrected chi connectivity index (χ4v) is 7.88. The van der Waals surface area contributed by atoms with Crippen molar-refractivity contribution in [1.29, 1.82) is 0 Å². The molecule has 0 spiro atoms. The van der Waals surface area contributed by atoms with Gasteiger partial charge in [-0.15, -0.1) is 10.2 Å². The van der Waals surface area contributed by atoms with Gasteiger partial charge in [-0.2, -0.15) is 33.7 Å². The van der Waals surface area contributed by atoms with Crippen LogP contribution in [-0.2, 0) is 40.5 Å². The number of hydrogen-bond acceptors (Lipinski definition) is 12. The third-order valence-corrected chi connectivity index (χ3v) is 10.4. The molecule has 0 bridgehead atoms. The van der Waals surface area contributed by atoms with Crippen molar-refractivity contribution in [3.8, 4) is 22.6 Å².